The molecule has 2 aromatic carbocycles. The second kappa shape index (κ2) is 8.35. The molecule has 2 saturated heterocycles. The maximum Gasteiger partial charge on any atom is 0.494 e. The third kappa shape index (κ3) is 4.32. The number of hydrogen-bond acceptors (Lipinski definition) is 4. The maximum atomic E-state index is 14.6. The lowest BCUT2D eigenvalue weighted by atomic mass is 9.71. The van der Waals surface area contributed by atoms with Crippen LogP contribution < -0.4 is 10.9 Å². The summed E-state index contributed by atoms with van der Waals surface area (Å²) in [6.07, 6.45) is -4.52. The Labute approximate surface area is 213 Å². The minimum Gasteiger partial charge on any atom is -0.399 e. The topological polar surface area (TPSA) is 36.9 Å². The molecule has 36 heavy (non-hydrogen) atoms. The van der Waals surface area contributed by atoms with Crippen molar-refractivity contribution in [2.24, 2.45) is 0 Å². The Bertz CT molecular complexity index is 998. The highest BCUT2D eigenvalue weighted by molar-refractivity contribution is 6.62. The van der Waals surface area contributed by atoms with E-state index in [1.807, 2.05) is 55.4 Å². The molecule has 0 amide bonds. The third-order valence-corrected chi connectivity index (χ3v) is 8.59. The Morgan fingerprint density at radius 3 is 1.00 bits per heavy atom. The quantitative estimate of drug-likeness (QED) is 0.542. The van der Waals surface area contributed by atoms with Crippen molar-refractivity contribution in [3.63, 3.8) is 0 Å². The lowest BCUT2D eigenvalue weighted by Gasteiger charge is -2.33. The zero-order valence-electron chi connectivity index (χ0n) is 22.5. The molecule has 0 aromatic heterocycles. The van der Waals surface area contributed by atoms with Gasteiger partial charge in [0, 0.05) is 0 Å². The van der Waals surface area contributed by atoms with Crippen LogP contribution in [0.15, 0.2) is 48.5 Å². The largest absolute Gasteiger partial charge is 0.494 e. The fourth-order valence-electron chi connectivity index (χ4n) is 4.40. The van der Waals surface area contributed by atoms with Gasteiger partial charge in [0.1, 0.15) is 5.41 Å². The van der Waals surface area contributed by atoms with Crippen molar-refractivity contribution in [2.45, 2.75) is 96.3 Å². The Morgan fingerprint density at radius 2 is 0.778 bits per heavy atom. The monoisotopic (exact) mass is 502 g/mol. The second-order valence-corrected chi connectivity index (χ2v) is 12.0. The summed E-state index contributed by atoms with van der Waals surface area (Å²) in [7, 11) is -1.28. The van der Waals surface area contributed by atoms with Crippen molar-refractivity contribution in [3.05, 3.63) is 59.7 Å². The van der Waals surface area contributed by atoms with Gasteiger partial charge in [0.05, 0.1) is 22.4 Å². The molecule has 2 aliphatic heterocycles. The highest BCUT2D eigenvalue weighted by Crippen LogP contribution is 2.46. The first kappa shape index (κ1) is 27.2. The molecule has 194 valence electrons. The second-order valence-electron chi connectivity index (χ2n) is 12.0. The molecule has 2 aromatic rings. The van der Waals surface area contributed by atoms with E-state index in [9.17, 15) is 13.2 Å². The van der Waals surface area contributed by atoms with Crippen molar-refractivity contribution in [1.82, 2.24) is 0 Å². The summed E-state index contributed by atoms with van der Waals surface area (Å²) in [5.74, 6) is 0. The van der Waals surface area contributed by atoms with E-state index in [2.05, 4.69) is 0 Å². The van der Waals surface area contributed by atoms with Crippen molar-refractivity contribution in [1.29, 1.82) is 0 Å². The Hall–Kier alpha value is -1.80. The van der Waals surface area contributed by atoms with E-state index in [0.717, 1.165) is 0 Å². The van der Waals surface area contributed by atoms with Crippen LogP contribution in [0, 0.1) is 0 Å². The van der Waals surface area contributed by atoms with Crippen LogP contribution in [0.3, 0.4) is 0 Å². The normalized spacial score (nSPS) is 22.8. The zero-order valence-corrected chi connectivity index (χ0v) is 22.5. The van der Waals surface area contributed by atoms with Crippen LogP contribution in [-0.2, 0) is 24.0 Å². The average molecular weight is 502 g/mol. The smallest absolute Gasteiger partial charge is 0.399 e. The molecular weight excluding hydrogens is 467 g/mol. The predicted octanol–water partition coefficient (Wildman–Crippen LogP) is 5.15. The van der Waals surface area contributed by atoms with Crippen LogP contribution in [0.25, 0.3) is 0 Å². The molecule has 0 spiro atoms. The molecule has 0 N–H and O–H groups in total. The first-order valence-corrected chi connectivity index (χ1v) is 12.3. The molecule has 9 heteroatoms. The van der Waals surface area contributed by atoms with Crippen LogP contribution in [-0.4, -0.2) is 42.8 Å². The van der Waals surface area contributed by atoms with Crippen LogP contribution in [0.2, 0.25) is 0 Å². The van der Waals surface area contributed by atoms with E-state index in [1.54, 1.807) is 24.3 Å². The highest BCUT2D eigenvalue weighted by atomic mass is 19.4. The van der Waals surface area contributed by atoms with Gasteiger partial charge in [-0.05, 0) is 84.4 Å². The van der Waals surface area contributed by atoms with E-state index in [0.29, 0.717) is 10.9 Å². The molecular formula is C27H35B2F3O4. The lowest BCUT2D eigenvalue weighted by Crippen LogP contribution is -2.42. The summed E-state index contributed by atoms with van der Waals surface area (Å²) in [4.78, 5) is 0. The van der Waals surface area contributed by atoms with Crippen molar-refractivity contribution in [3.8, 4) is 0 Å². The van der Waals surface area contributed by atoms with Gasteiger partial charge in [-0.25, -0.2) is 0 Å². The van der Waals surface area contributed by atoms with Crippen LogP contribution in [0.4, 0.5) is 13.2 Å². The molecule has 2 fully saturated rings. The van der Waals surface area contributed by atoms with Crippen molar-refractivity contribution in [2.75, 3.05) is 0 Å². The number of benzene rings is 2. The summed E-state index contributed by atoms with van der Waals surface area (Å²) < 4.78 is 68.0. The van der Waals surface area contributed by atoms with Crippen LogP contribution in [0.5, 0.6) is 0 Å². The van der Waals surface area contributed by atoms with Crippen molar-refractivity contribution < 1.29 is 31.8 Å². The Balaban J connectivity index is 1.63. The molecule has 0 unspecified atom stereocenters. The molecule has 0 atom stereocenters. The van der Waals surface area contributed by atoms with E-state index < -0.39 is 48.2 Å². The zero-order chi connectivity index (χ0) is 26.9. The van der Waals surface area contributed by atoms with E-state index in [-0.39, 0.29) is 11.1 Å². The summed E-state index contributed by atoms with van der Waals surface area (Å²) in [6, 6.07) is 12.7. The molecule has 0 bridgehead atoms. The van der Waals surface area contributed by atoms with Gasteiger partial charge < -0.3 is 18.6 Å². The highest BCUT2D eigenvalue weighted by Gasteiger charge is 2.55. The number of halogens is 3. The van der Waals surface area contributed by atoms with Gasteiger partial charge in [-0.1, -0.05) is 48.5 Å². The molecule has 4 nitrogen and oxygen atoms in total. The fourth-order valence-corrected chi connectivity index (χ4v) is 4.40. The van der Waals surface area contributed by atoms with Crippen LogP contribution in [0.1, 0.15) is 73.4 Å². The number of hydrogen-bond donors (Lipinski definition) is 0. The molecule has 4 rings (SSSR count). The fraction of sp³-hybridized carbons (Fsp3) is 0.556. The van der Waals surface area contributed by atoms with Gasteiger partial charge in [0.25, 0.3) is 0 Å². The number of alkyl halides is 3. The first-order valence-electron chi connectivity index (χ1n) is 12.3. The summed E-state index contributed by atoms with van der Waals surface area (Å²) >= 11 is 0. The van der Waals surface area contributed by atoms with Gasteiger partial charge in [0.15, 0.2) is 0 Å². The Morgan fingerprint density at radius 1 is 0.528 bits per heavy atom. The summed E-state index contributed by atoms with van der Waals surface area (Å²) in [5.41, 5.74) is -2.71. The van der Waals surface area contributed by atoms with Gasteiger partial charge in [0.2, 0.25) is 0 Å². The molecule has 2 aliphatic rings. The molecule has 0 aliphatic carbocycles. The van der Waals surface area contributed by atoms with Gasteiger partial charge in [-0.15, -0.1) is 0 Å². The lowest BCUT2D eigenvalue weighted by molar-refractivity contribution is -0.173. The average Bonchev–Trinajstić information content (AvgIpc) is 3.12. The minimum absolute atomic E-state index is 0.138. The number of rotatable bonds is 4. The predicted molar refractivity (Wildman–Crippen MR) is 137 cm³/mol. The molecule has 0 saturated carbocycles. The van der Waals surface area contributed by atoms with E-state index >= 15 is 0 Å². The summed E-state index contributed by atoms with van der Waals surface area (Å²) in [5, 5.41) is 0. The summed E-state index contributed by atoms with van der Waals surface area (Å²) in [6.45, 7) is 16.7. The van der Waals surface area contributed by atoms with Gasteiger partial charge in [-0.2, -0.15) is 13.2 Å². The maximum absolute atomic E-state index is 14.6. The molecule has 0 radical (unpaired) electrons. The van der Waals surface area contributed by atoms with Crippen LogP contribution >= 0.6 is 0 Å². The van der Waals surface area contributed by atoms with E-state index in [4.69, 9.17) is 18.6 Å². The third-order valence-electron chi connectivity index (χ3n) is 8.59. The Kier molecular flexibility index (Phi) is 6.32. The van der Waals surface area contributed by atoms with E-state index in [1.165, 1.54) is 31.2 Å². The van der Waals surface area contributed by atoms with Crippen molar-refractivity contribution >= 4 is 25.2 Å². The first-order chi connectivity index (χ1) is 16.3. The van der Waals surface area contributed by atoms with Gasteiger partial charge in [-0.3, -0.25) is 0 Å². The minimum atomic E-state index is -4.52. The molecule has 2 heterocycles. The SMILES string of the molecule is CC1(C)OB(c2ccc(C(C)(c3ccc(B4OC(C)(C)C(C)(C)O4)cc3)C(F)(F)F)cc2)OC1(C)C. The van der Waals surface area contributed by atoms with Gasteiger partial charge >= 0.3 is 20.4 Å². The standard InChI is InChI=1S/C27H35B2F3O4/c1-22(2)23(3,4)34-28(33-22)20-14-10-18(11-15-20)26(9,27(30,31)32)19-12-16-21(17-13-19)29-35-24(5,6)25(7,8)36-29/h10-17H,1-9H3.